The molecule has 1 aromatic rings. The molecule has 1 amide bonds. The normalized spacial score (nSPS) is 16.3. The van der Waals surface area contributed by atoms with Crippen LogP contribution in [-0.2, 0) is 11.3 Å². The Labute approximate surface area is 128 Å². The van der Waals surface area contributed by atoms with Gasteiger partial charge in [-0.3, -0.25) is 4.79 Å². The van der Waals surface area contributed by atoms with Gasteiger partial charge in [0.05, 0.1) is 5.02 Å². The van der Waals surface area contributed by atoms with Gasteiger partial charge in [0.25, 0.3) is 5.91 Å². The maximum atomic E-state index is 12.2. The Morgan fingerprint density at radius 1 is 1.40 bits per heavy atom. The first-order chi connectivity index (χ1) is 9.52. The number of carbonyl (C=O) groups is 1. The molecule has 0 spiro atoms. The molecule has 1 aliphatic heterocycles. The average Bonchev–Trinajstić information content (AvgIpc) is 2.94. The molecule has 6 heteroatoms. The third-order valence-corrected chi connectivity index (χ3v) is 3.86. The van der Waals surface area contributed by atoms with Crippen molar-refractivity contribution in [2.75, 3.05) is 13.1 Å². The predicted molar refractivity (Wildman–Crippen MR) is 80.3 cm³/mol. The minimum absolute atomic E-state index is 0.0171. The van der Waals surface area contributed by atoms with Crippen LogP contribution >= 0.6 is 23.2 Å². The van der Waals surface area contributed by atoms with Crippen LogP contribution in [-0.4, -0.2) is 30.0 Å². The molecule has 1 aliphatic rings. The fourth-order valence-corrected chi connectivity index (χ4v) is 2.90. The van der Waals surface area contributed by atoms with Crippen LogP contribution in [0.25, 0.3) is 0 Å². The van der Waals surface area contributed by atoms with Crippen molar-refractivity contribution in [3.63, 3.8) is 0 Å². The van der Waals surface area contributed by atoms with Crippen molar-refractivity contribution in [1.29, 1.82) is 0 Å². The van der Waals surface area contributed by atoms with Crippen LogP contribution < -0.4 is 10.5 Å². The molecule has 1 atom stereocenters. The molecule has 0 bridgehead atoms. The first-order valence-electron chi connectivity index (χ1n) is 6.66. The van der Waals surface area contributed by atoms with E-state index in [2.05, 4.69) is 0 Å². The summed E-state index contributed by atoms with van der Waals surface area (Å²) in [5.74, 6) is 0.426. The molecular formula is C14H18Cl2N2O2. The van der Waals surface area contributed by atoms with Gasteiger partial charge in [-0.1, -0.05) is 23.2 Å². The highest BCUT2D eigenvalue weighted by Crippen LogP contribution is 2.33. The van der Waals surface area contributed by atoms with Crippen LogP contribution in [0.2, 0.25) is 10.0 Å². The van der Waals surface area contributed by atoms with Crippen LogP contribution in [0.5, 0.6) is 5.75 Å². The van der Waals surface area contributed by atoms with Crippen molar-refractivity contribution in [3.8, 4) is 5.75 Å². The van der Waals surface area contributed by atoms with E-state index in [4.69, 9.17) is 33.7 Å². The van der Waals surface area contributed by atoms with Crippen LogP contribution in [0.3, 0.4) is 0 Å². The third-order valence-electron chi connectivity index (χ3n) is 3.37. The fourth-order valence-electron chi connectivity index (χ4n) is 2.32. The summed E-state index contributed by atoms with van der Waals surface area (Å²) < 4.78 is 5.73. The molecule has 4 nitrogen and oxygen atoms in total. The number of halogens is 2. The molecule has 2 N–H and O–H groups in total. The van der Waals surface area contributed by atoms with E-state index >= 15 is 0 Å². The molecule has 0 aromatic heterocycles. The Hall–Kier alpha value is -0.970. The lowest BCUT2D eigenvalue weighted by Crippen LogP contribution is -2.38. The number of hydrogen-bond donors (Lipinski definition) is 1. The first-order valence-corrected chi connectivity index (χ1v) is 7.42. The van der Waals surface area contributed by atoms with E-state index in [1.165, 1.54) is 0 Å². The van der Waals surface area contributed by atoms with Gasteiger partial charge in [-0.15, -0.1) is 0 Å². The Kier molecular flexibility index (Phi) is 5.13. The molecule has 0 saturated carbocycles. The summed E-state index contributed by atoms with van der Waals surface area (Å²) >= 11 is 12.1. The van der Waals surface area contributed by atoms with Crippen LogP contribution in [0.1, 0.15) is 25.3 Å². The van der Waals surface area contributed by atoms with Crippen molar-refractivity contribution in [2.45, 2.75) is 32.4 Å². The lowest BCUT2D eigenvalue weighted by Gasteiger charge is -2.22. The molecule has 110 valence electrons. The molecule has 1 fully saturated rings. The molecule has 1 aromatic carbocycles. The van der Waals surface area contributed by atoms with Crippen molar-refractivity contribution < 1.29 is 9.53 Å². The molecular weight excluding hydrogens is 299 g/mol. The second kappa shape index (κ2) is 6.66. The lowest BCUT2D eigenvalue weighted by atomic mass is 10.2. The van der Waals surface area contributed by atoms with Gasteiger partial charge in [0.1, 0.15) is 5.75 Å². The number of amides is 1. The summed E-state index contributed by atoms with van der Waals surface area (Å²) in [5, 5.41) is 0.875. The van der Waals surface area contributed by atoms with Crippen LogP contribution in [0.15, 0.2) is 12.1 Å². The topological polar surface area (TPSA) is 55.6 Å². The van der Waals surface area contributed by atoms with Crippen molar-refractivity contribution in [1.82, 2.24) is 4.90 Å². The fraction of sp³-hybridized carbons (Fsp3) is 0.500. The van der Waals surface area contributed by atoms with Crippen molar-refractivity contribution in [3.05, 3.63) is 27.7 Å². The number of benzene rings is 1. The average molecular weight is 317 g/mol. The number of rotatable bonds is 4. The minimum Gasteiger partial charge on any atom is -0.479 e. The monoisotopic (exact) mass is 316 g/mol. The summed E-state index contributed by atoms with van der Waals surface area (Å²) in [4.78, 5) is 14.0. The van der Waals surface area contributed by atoms with Gasteiger partial charge in [0, 0.05) is 30.2 Å². The van der Waals surface area contributed by atoms with E-state index in [9.17, 15) is 4.79 Å². The zero-order valence-electron chi connectivity index (χ0n) is 11.4. The van der Waals surface area contributed by atoms with Gasteiger partial charge in [-0.05, 0) is 31.9 Å². The summed E-state index contributed by atoms with van der Waals surface area (Å²) in [6.07, 6.45) is 1.51. The zero-order valence-corrected chi connectivity index (χ0v) is 12.9. The van der Waals surface area contributed by atoms with Crippen molar-refractivity contribution >= 4 is 29.1 Å². The van der Waals surface area contributed by atoms with E-state index in [1.807, 2.05) is 4.90 Å². The summed E-state index contributed by atoms with van der Waals surface area (Å²) in [6, 6.07) is 3.29. The predicted octanol–water partition coefficient (Wildman–Crippen LogP) is 2.84. The maximum absolute atomic E-state index is 12.2. The largest absolute Gasteiger partial charge is 0.479 e. The molecule has 2 rings (SSSR count). The number of nitrogens with zero attached hydrogens (tertiary/aromatic N) is 1. The molecule has 20 heavy (non-hydrogen) atoms. The highest BCUT2D eigenvalue weighted by atomic mass is 35.5. The Morgan fingerprint density at radius 3 is 2.65 bits per heavy atom. The number of ether oxygens (including phenoxy) is 1. The summed E-state index contributed by atoms with van der Waals surface area (Å²) in [6.45, 7) is 3.57. The first kappa shape index (κ1) is 15.4. The highest BCUT2D eigenvalue weighted by Gasteiger charge is 2.25. The summed E-state index contributed by atoms with van der Waals surface area (Å²) in [5.41, 5.74) is 6.37. The van der Waals surface area contributed by atoms with Crippen LogP contribution in [0.4, 0.5) is 0 Å². The Morgan fingerprint density at radius 2 is 2.05 bits per heavy atom. The molecule has 0 radical (unpaired) electrons. The standard InChI is InChI=1S/C14H18Cl2N2O2/c1-9(14(19)18-4-2-3-5-18)20-13-10(8-17)6-11(15)7-12(13)16/h6-7,9H,2-5,8,17H2,1H3. The molecule has 1 heterocycles. The minimum atomic E-state index is -0.586. The smallest absolute Gasteiger partial charge is 0.263 e. The van der Waals surface area contributed by atoms with E-state index in [0.717, 1.165) is 25.9 Å². The van der Waals surface area contributed by atoms with E-state index in [1.54, 1.807) is 19.1 Å². The van der Waals surface area contributed by atoms with E-state index in [0.29, 0.717) is 21.4 Å². The Bertz CT molecular complexity index is 502. The van der Waals surface area contributed by atoms with Crippen molar-refractivity contribution in [2.24, 2.45) is 5.73 Å². The zero-order chi connectivity index (χ0) is 14.7. The quantitative estimate of drug-likeness (QED) is 0.929. The Balaban J connectivity index is 2.14. The SMILES string of the molecule is CC(Oc1c(Cl)cc(Cl)cc1CN)C(=O)N1CCCC1. The number of likely N-dealkylation sites (tertiary alicyclic amines) is 1. The van der Waals surface area contributed by atoms with Gasteiger partial charge in [0.2, 0.25) is 0 Å². The molecule has 0 aliphatic carbocycles. The maximum Gasteiger partial charge on any atom is 0.263 e. The molecule has 1 unspecified atom stereocenters. The summed E-state index contributed by atoms with van der Waals surface area (Å²) in [7, 11) is 0. The number of carbonyl (C=O) groups excluding carboxylic acids is 1. The number of nitrogens with two attached hydrogens (primary N) is 1. The van der Waals surface area contributed by atoms with Gasteiger partial charge >= 0.3 is 0 Å². The van der Waals surface area contributed by atoms with Gasteiger partial charge in [-0.25, -0.2) is 0 Å². The second-order valence-corrected chi connectivity index (χ2v) is 5.72. The highest BCUT2D eigenvalue weighted by molar-refractivity contribution is 6.35. The molecule has 1 saturated heterocycles. The van der Waals surface area contributed by atoms with E-state index < -0.39 is 6.10 Å². The van der Waals surface area contributed by atoms with Gasteiger partial charge in [0.15, 0.2) is 6.10 Å². The van der Waals surface area contributed by atoms with Gasteiger partial charge < -0.3 is 15.4 Å². The third kappa shape index (κ3) is 3.37. The van der Waals surface area contributed by atoms with Gasteiger partial charge in [-0.2, -0.15) is 0 Å². The number of hydrogen-bond acceptors (Lipinski definition) is 3. The lowest BCUT2D eigenvalue weighted by molar-refractivity contribution is -0.136. The van der Waals surface area contributed by atoms with E-state index in [-0.39, 0.29) is 12.5 Å². The van der Waals surface area contributed by atoms with Crippen LogP contribution in [0, 0.1) is 0 Å². The second-order valence-electron chi connectivity index (χ2n) is 4.87.